The number of amides is 2. The number of carboxylic acids is 1. The number of carbonyl (C=O) groups excluding carboxylic acids is 2. The summed E-state index contributed by atoms with van der Waals surface area (Å²) >= 11 is 6.12. The molecule has 2 atom stereocenters. The number of carboxylic acid groups (broad SMARTS) is 1. The van der Waals surface area contributed by atoms with Gasteiger partial charge in [-0.2, -0.15) is 0 Å². The second-order valence-electron chi connectivity index (χ2n) is 10.1. The van der Waals surface area contributed by atoms with Crippen molar-refractivity contribution in [2.75, 3.05) is 35.4 Å². The van der Waals surface area contributed by atoms with E-state index in [-0.39, 0.29) is 36.9 Å². The van der Waals surface area contributed by atoms with Crippen molar-refractivity contribution >= 4 is 46.4 Å². The molecule has 2 unspecified atom stereocenters. The zero-order valence-electron chi connectivity index (χ0n) is 23.1. The van der Waals surface area contributed by atoms with Gasteiger partial charge in [0.2, 0.25) is 5.91 Å². The molecular weight excluding hydrogens is 530 g/mol. The number of hydrogen-bond acceptors (Lipinski definition) is 5. The summed E-state index contributed by atoms with van der Waals surface area (Å²) in [6.07, 6.45) is 0.892. The Kier molecular flexibility index (Phi) is 9.00. The van der Waals surface area contributed by atoms with Gasteiger partial charge in [-0.15, -0.1) is 0 Å². The van der Waals surface area contributed by atoms with Gasteiger partial charge in [-0.25, -0.2) is 0 Å². The van der Waals surface area contributed by atoms with E-state index in [0.29, 0.717) is 40.6 Å². The lowest BCUT2D eigenvalue weighted by atomic mass is 9.89. The maximum absolute atomic E-state index is 13.9. The molecule has 1 aliphatic rings. The van der Waals surface area contributed by atoms with E-state index in [1.54, 1.807) is 28.0 Å². The topological polar surface area (TPSA) is 90.4 Å². The van der Waals surface area contributed by atoms with Crippen LogP contribution in [0, 0.1) is 0 Å². The molecule has 0 radical (unpaired) electrons. The summed E-state index contributed by atoms with van der Waals surface area (Å²) in [5.41, 5.74) is 3.73. The van der Waals surface area contributed by atoms with Gasteiger partial charge in [0.15, 0.2) is 0 Å². The van der Waals surface area contributed by atoms with E-state index >= 15 is 0 Å². The quantitative estimate of drug-likeness (QED) is 0.313. The Hall–Kier alpha value is -4.04. The average Bonchev–Trinajstić information content (AvgIpc) is 2.91. The summed E-state index contributed by atoms with van der Waals surface area (Å²) in [5.74, 6) is -0.632. The highest BCUT2D eigenvalue weighted by molar-refractivity contribution is 6.30. The normalized spacial score (nSPS) is 16.2. The van der Waals surface area contributed by atoms with Crippen LogP contribution >= 0.6 is 11.6 Å². The van der Waals surface area contributed by atoms with Gasteiger partial charge in [-0.1, -0.05) is 17.7 Å². The second kappa shape index (κ2) is 12.4. The van der Waals surface area contributed by atoms with Crippen molar-refractivity contribution in [2.24, 2.45) is 0 Å². The van der Waals surface area contributed by atoms with Crippen molar-refractivity contribution in [3.8, 4) is 5.75 Å². The number of ether oxygens (including phenoxy) is 1. The van der Waals surface area contributed by atoms with Crippen LogP contribution < -0.4 is 19.4 Å². The largest absolute Gasteiger partial charge is 0.494 e. The van der Waals surface area contributed by atoms with Gasteiger partial charge in [0.05, 0.1) is 18.3 Å². The Morgan fingerprint density at radius 2 is 1.65 bits per heavy atom. The van der Waals surface area contributed by atoms with Gasteiger partial charge in [-0.3, -0.25) is 14.4 Å². The SMILES string of the molecule is CC(=O)N(c1ccc(Cl)cc1)C1CC(C)N(C(=O)c2ccc(N(C)C)cc2)c2cc(OCCCC(=O)O)ccc21. The van der Waals surface area contributed by atoms with Crippen LogP contribution in [0.25, 0.3) is 0 Å². The molecule has 0 aliphatic carbocycles. The number of carbonyl (C=O) groups is 3. The van der Waals surface area contributed by atoms with Crippen molar-refractivity contribution in [1.29, 1.82) is 0 Å². The van der Waals surface area contributed by atoms with Gasteiger partial charge in [0, 0.05) is 61.5 Å². The minimum atomic E-state index is -0.880. The summed E-state index contributed by atoms with van der Waals surface area (Å²) in [6.45, 7) is 3.74. The van der Waals surface area contributed by atoms with Gasteiger partial charge >= 0.3 is 5.97 Å². The van der Waals surface area contributed by atoms with E-state index < -0.39 is 5.97 Å². The minimum absolute atomic E-state index is 0.00622. The first-order valence-corrected chi connectivity index (χ1v) is 13.6. The van der Waals surface area contributed by atoms with Crippen molar-refractivity contribution < 1.29 is 24.2 Å². The molecule has 9 heteroatoms. The molecular formula is C31H34ClN3O5. The van der Waals surface area contributed by atoms with E-state index in [9.17, 15) is 14.4 Å². The van der Waals surface area contributed by atoms with Gasteiger partial charge in [0.25, 0.3) is 5.91 Å². The first kappa shape index (κ1) is 29.0. The lowest BCUT2D eigenvalue weighted by Gasteiger charge is -2.43. The molecule has 0 bridgehead atoms. The Labute approximate surface area is 239 Å². The molecule has 1 aliphatic heterocycles. The van der Waals surface area contributed by atoms with E-state index in [2.05, 4.69) is 0 Å². The summed E-state index contributed by atoms with van der Waals surface area (Å²) in [5, 5.41) is 9.52. The molecule has 1 heterocycles. The fourth-order valence-corrected chi connectivity index (χ4v) is 5.21. The number of halogens is 1. The summed E-state index contributed by atoms with van der Waals surface area (Å²) in [7, 11) is 3.89. The molecule has 210 valence electrons. The molecule has 0 fully saturated rings. The number of nitrogens with zero attached hydrogens (tertiary/aromatic N) is 3. The molecule has 0 saturated heterocycles. The highest BCUT2D eigenvalue weighted by Crippen LogP contribution is 2.44. The van der Waals surface area contributed by atoms with E-state index in [4.69, 9.17) is 21.4 Å². The molecule has 0 saturated carbocycles. The summed E-state index contributed by atoms with van der Waals surface area (Å²) in [4.78, 5) is 43.3. The predicted octanol–water partition coefficient (Wildman–Crippen LogP) is 6.18. The van der Waals surface area contributed by atoms with Crippen LogP contribution in [-0.2, 0) is 9.59 Å². The molecule has 40 heavy (non-hydrogen) atoms. The Balaban J connectivity index is 1.75. The zero-order chi connectivity index (χ0) is 29.0. The number of fused-ring (bicyclic) bond motifs is 1. The highest BCUT2D eigenvalue weighted by Gasteiger charge is 2.38. The van der Waals surface area contributed by atoms with Crippen LogP contribution in [0.2, 0.25) is 5.02 Å². The van der Waals surface area contributed by atoms with Crippen LogP contribution in [0.3, 0.4) is 0 Å². The standard InChI is InChI=1S/C31H34ClN3O5/c1-20-18-28(35(21(2)36)25-13-9-23(32)10-14-25)27-16-15-26(40-17-5-6-30(37)38)19-29(27)34(20)31(39)22-7-11-24(12-8-22)33(3)4/h7-16,19-20,28H,5-6,17-18H2,1-4H3,(H,37,38). The fraction of sp³-hybridized carbons (Fsp3) is 0.323. The second-order valence-corrected chi connectivity index (χ2v) is 10.6. The fourth-order valence-electron chi connectivity index (χ4n) is 5.09. The van der Waals surface area contributed by atoms with E-state index in [1.165, 1.54) is 6.92 Å². The Bertz CT molecular complexity index is 1370. The monoisotopic (exact) mass is 563 g/mol. The first-order valence-electron chi connectivity index (χ1n) is 13.2. The molecule has 3 aromatic carbocycles. The third kappa shape index (κ3) is 6.39. The van der Waals surface area contributed by atoms with Crippen LogP contribution in [0.5, 0.6) is 5.75 Å². The molecule has 8 nitrogen and oxygen atoms in total. The molecule has 0 aromatic heterocycles. The Morgan fingerprint density at radius 3 is 2.25 bits per heavy atom. The van der Waals surface area contributed by atoms with Crippen LogP contribution in [0.1, 0.15) is 55.1 Å². The minimum Gasteiger partial charge on any atom is -0.494 e. The average molecular weight is 564 g/mol. The van der Waals surface area contributed by atoms with Crippen molar-refractivity contribution in [3.05, 3.63) is 82.9 Å². The molecule has 1 N–H and O–H groups in total. The highest BCUT2D eigenvalue weighted by atomic mass is 35.5. The smallest absolute Gasteiger partial charge is 0.303 e. The van der Waals surface area contributed by atoms with Crippen LogP contribution in [0.4, 0.5) is 17.1 Å². The van der Waals surface area contributed by atoms with Gasteiger partial charge in [0.1, 0.15) is 5.75 Å². The number of anilines is 3. The third-order valence-electron chi connectivity index (χ3n) is 7.03. The van der Waals surface area contributed by atoms with Gasteiger partial charge < -0.3 is 24.5 Å². The Morgan fingerprint density at radius 1 is 1.00 bits per heavy atom. The maximum Gasteiger partial charge on any atom is 0.303 e. The number of hydrogen-bond donors (Lipinski definition) is 1. The van der Waals surface area contributed by atoms with Crippen LogP contribution in [0.15, 0.2) is 66.7 Å². The van der Waals surface area contributed by atoms with Crippen LogP contribution in [-0.4, -0.2) is 49.6 Å². The van der Waals surface area contributed by atoms with Crippen molar-refractivity contribution in [3.63, 3.8) is 0 Å². The predicted molar refractivity (Wildman–Crippen MR) is 158 cm³/mol. The molecule has 2 amide bonds. The first-order chi connectivity index (χ1) is 19.1. The van der Waals surface area contributed by atoms with E-state index in [1.807, 2.05) is 74.4 Å². The van der Waals surface area contributed by atoms with Crippen molar-refractivity contribution in [1.82, 2.24) is 0 Å². The summed E-state index contributed by atoms with van der Waals surface area (Å²) in [6, 6.07) is 19.5. The van der Waals surface area contributed by atoms with Gasteiger partial charge in [-0.05, 0) is 79.9 Å². The molecule has 3 aromatic rings. The molecule has 4 rings (SSSR count). The number of benzene rings is 3. The number of rotatable bonds is 9. The lowest BCUT2D eigenvalue weighted by molar-refractivity contribution is -0.137. The summed E-state index contributed by atoms with van der Waals surface area (Å²) < 4.78 is 5.87. The third-order valence-corrected chi connectivity index (χ3v) is 7.29. The molecule has 0 spiro atoms. The zero-order valence-corrected chi connectivity index (χ0v) is 23.9. The van der Waals surface area contributed by atoms with E-state index in [0.717, 1.165) is 11.3 Å². The van der Waals surface area contributed by atoms with Crippen molar-refractivity contribution in [2.45, 2.75) is 45.2 Å². The maximum atomic E-state index is 13.9. The lowest BCUT2D eigenvalue weighted by Crippen LogP contribution is -2.47. The number of aliphatic carboxylic acids is 1.